The lowest BCUT2D eigenvalue weighted by Gasteiger charge is -2.07. The lowest BCUT2D eigenvalue weighted by atomic mass is 10.2. The van der Waals surface area contributed by atoms with Gasteiger partial charge in [-0.2, -0.15) is 0 Å². The molecule has 0 unspecified atom stereocenters. The molecule has 1 aromatic heterocycles. The van der Waals surface area contributed by atoms with Crippen molar-refractivity contribution in [3.63, 3.8) is 0 Å². The van der Waals surface area contributed by atoms with Crippen LogP contribution in [0.5, 0.6) is 0 Å². The van der Waals surface area contributed by atoms with E-state index in [1.807, 2.05) is 18.3 Å². The van der Waals surface area contributed by atoms with Gasteiger partial charge >= 0.3 is 5.97 Å². The van der Waals surface area contributed by atoms with E-state index in [1.54, 1.807) is 0 Å². The summed E-state index contributed by atoms with van der Waals surface area (Å²) < 4.78 is 6.84. The Hall–Kier alpha value is -2.34. The van der Waals surface area contributed by atoms with E-state index in [1.165, 1.54) is 10.9 Å². The first-order valence-electron chi connectivity index (χ1n) is 6.77. The van der Waals surface area contributed by atoms with Crippen LogP contribution in [-0.4, -0.2) is 41.3 Å². The van der Waals surface area contributed by atoms with Gasteiger partial charge in [0.25, 0.3) is 0 Å². The zero-order valence-corrected chi connectivity index (χ0v) is 11.6. The molecule has 0 fully saturated rings. The van der Waals surface area contributed by atoms with Crippen LogP contribution in [0.25, 0.3) is 10.9 Å². The summed E-state index contributed by atoms with van der Waals surface area (Å²) in [5.74, 6) is -1.38. The lowest BCUT2D eigenvalue weighted by molar-refractivity contribution is -0.143. The van der Waals surface area contributed by atoms with E-state index >= 15 is 0 Å². The fraction of sp³-hybridized carbons (Fsp3) is 0.333. The first-order valence-corrected chi connectivity index (χ1v) is 6.77. The normalized spacial score (nSPS) is 10.7. The topological polar surface area (TPSA) is 80.6 Å². The number of carbonyl (C=O) groups is 2. The lowest BCUT2D eigenvalue weighted by Crippen LogP contribution is -2.29. The summed E-state index contributed by atoms with van der Waals surface area (Å²) in [7, 11) is 0. The largest absolute Gasteiger partial charge is 0.480 e. The first kappa shape index (κ1) is 15.1. The van der Waals surface area contributed by atoms with Crippen LogP contribution in [0.2, 0.25) is 0 Å². The molecule has 2 rings (SSSR count). The van der Waals surface area contributed by atoms with Gasteiger partial charge in [-0.15, -0.1) is 0 Å². The molecule has 21 heavy (non-hydrogen) atoms. The SMILES string of the molecule is O=C(O)COCC(=O)NCCCn1ccc2ccccc21. The van der Waals surface area contributed by atoms with Crippen LogP contribution >= 0.6 is 0 Å². The second kappa shape index (κ2) is 7.44. The van der Waals surface area contributed by atoms with Gasteiger partial charge in [-0.25, -0.2) is 4.79 Å². The minimum Gasteiger partial charge on any atom is -0.480 e. The third-order valence-electron chi connectivity index (χ3n) is 3.04. The molecule has 0 atom stereocenters. The molecule has 6 nitrogen and oxygen atoms in total. The maximum atomic E-state index is 11.4. The van der Waals surface area contributed by atoms with Gasteiger partial charge < -0.3 is 19.7 Å². The van der Waals surface area contributed by atoms with Crippen molar-refractivity contribution >= 4 is 22.8 Å². The van der Waals surface area contributed by atoms with Crippen molar-refractivity contribution in [1.29, 1.82) is 0 Å². The highest BCUT2D eigenvalue weighted by Gasteiger charge is 2.04. The summed E-state index contributed by atoms with van der Waals surface area (Å²) in [6, 6.07) is 10.2. The molecule has 6 heteroatoms. The second-order valence-corrected chi connectivity index (χ2v) is 4.66. The third kappa shape index (κ3) is 4.61. The number of aliphatic carboxylic acids is 1. The van der Waals surface area contributed by atoms with Crippen LogP contribution in [0.4, 0.5) is 0 Å². The highest BCUT2D eigenvalue weighted by Crippen LogP contribution is 2.15. The van der Waals surface area contributed by atoms with Crippen molar-refractivity contribution in [2.45, 2.75) is 13.0 Å². The smallest absolute Gasteiger partial charge is 0.329 e. The standard InChI is InChI=1S/C15H18N2O4/c18-14(10-21-11-15(19)20)16-7-3-8-17-9-6-12-4-1-2-5-13(12)17/h1-2,4-6,9H,3,7-8,10-11H2,(H,16,18)(H,19,20). The fourth-order valence-electron chi connectivity index (χ4n) is 2.09. The molecule has 0 spiro atoms. The van der Waals surface area contributed by atoms with Crippen molar-refractivity contribution in [2.24, 2.45) is 0 Å². The van der Waals surface area contributed by atoms with Gasteiger partial charge in [-0.1, -0.05) is 18.2 Å². The molecule has 0 aliphatic heterocycles. The molecule has 0 aliphatic rings. The van der Waals surface area contributed by atoms with E-state index in [0.29, 0.717) is 6.54 Å². The number of aromatic nitrogens is 1. The Labute approximate surface area is 122 Å². The Kier molecular flexibility index (Phi) is 5.34. The minimum absolute atomic E-state index is 0.223. The average Bonchev–Trinajstić information content (AvgIpc) is 2.86. The molecule has 2 N–H and O–H groups in total. The molecule has 0 bridgehead atoms. The van der Waals surface area contributed by atoms with Gasteiger partial charge in [0.05, 0.1) is 0 Å². The number of hydrogen-bond acceptors (Lipinski definition) is 3. The summed E-state index contributed by atoms with van der Waals surface area (Å²) in [5.41, 5.74) is 1.17. The van der Waals surface area contributed by atoms with E-state index in [9.17, 15) is 9.59 Å². The Morgan fingerprint density at radius 1 is 1.19 bits per heavy atom. The maximum Gasteiger partial charge on any atom is 0.329 e. The summed E-state index contributed by atoms with van der Waals surface area (Å²) in [6.07, 6.45) is 2.83. The summed E-state index contributed by atoms with van der Waals surface area (Å²) in [4.78, 5) is 21.6. The number of aryl methyl sites for hydroxylation is 1. The molecule has 2 aromatic rings. The zero-order valence-electron chi connectivity index (χ0n) is 11.6. The second-order valence-electron chi connectivity index (χ2n) is 4.66. The first-order chi connectivity index (χ1) is 10.2. The monoisotopic (exact) mass is 290 g/mol. The van der Waals surface area contributed by atoms with E-state index in [0.717, 1.165) is 13.0 Å². The van der Waals surface area contributed by atoms with Gasteiger partial charge in [-0.3, -0.25) is 4.79 Å². The number of rotatable bonds is 8. The van der Waals surface area contributed by atoms with Gasteiger partial charge in [0.15, 0.2) is 0 Å². The molecule has 0 saturated carbocycles. The number of carboxylic acid groups (broad SMARTS) is 1. The number of benzene rings is 1. The van der Waals surface area contributed by atoms with Gasteiger partial charge in [0, 0.05) is 24.8 Å². The average molecular weight is 290 g/mol. The number of nitrogens with one attached hydrogen (secondary N) is 1. The van der Waals surface area contributed by atoms with E-state index in [-0.39, 0.29) is 12.5 Å². The van der Waals surface area contributed by atoms with Crippen LogP contribution in [0.1, 0.15) is 6.42 Å². The molecule has 1 amide bonds. The summed E-state index contributed by atoms with van der Waals surface area (Å²) in [6.45, 7) is 0.660. The quantitative estimate of drug-likeness (QED) is 0.717. The number of ether oxygens (including phenoxy) is 1. The highest BCUT2D eigenvalue weighted by atomic mass is 16.5. The third-order valence-corrected chi connectivity index (χ3v) is 3.04. The number of carbonyl (C=O) groups excluding carboxylic acids is 1. The Morgan fingerprint density at radius 3 is 2.81 bits per heavy atom. The summed E-state index contributed by atoms with van der Waals surface area (Å²) >= 11 is 0. The maximum absolute atomic E-state index is 11.4. The Balaban J connectivity index is 1.68. The fourth-order valence-corrected chi connectivity index (χ4v) is 2.09. The van der Waals surface area contributed by atoms with Crippen molar-refractivity contribution in [3.05, 3.63) is 36.5 Å². The van der Waals surface area contributed by atoms with Crippen LogP contribution in [-0.2, 0) is 20.9 Å². The van der Waals surface area contributed by atoms with Crippen molar-refractivity contribution in [2.75, 3.05) is 19.8 Å². The number of amides is 1. The van der Waals surface area contributed by atoms with Crippen LogP contribution in [0.15, 0.2) is 36.5 Å². The van der Waals surface area contributed by atoms with E-state index in [4.69, 9.17) is 9.84 Å². The van der Waals surface area contributed by atoms with Crippen molar-refractivity contribution in [1.82, 2.24) is 9.88 Å². The molecule has 0 aliphatic carbocycles. The molecular weight excluding hydrogens is 272 g/mol. The zero-order chi connectivity index (χ0) is 15.1. The molecule has 0 radical (unpaired) electrons. The van der Waals surface area contributed by atoms with Gasteiger partial charge in [-0.05, 0) is 23.9 Å². The van der Waals surface area contributed by atoms with Gasteiger partial charge in [0.2, 0.25) is 5.91 Å². The van der Waals surface area contributed by atoms with Gasteiger partial charge in [0.1, 0.15) is 13.2 Å². The molecule has 0 saturated heterocycles. The Morgan fingerprint density at radius 2 is 2.00 bits per heavy atom. The predicted octanol–water partition coefficient (Wildman–Crippen LogP) is 1.25. The minimum atomic E-state index is -1.08. The number of nitrogens with zero attached hydrogens (tertiary/aromatic N) is 1. The number of carboxylic acids is 1. The predicted molar refractivity (Wildman–Crippen MR) is 78.0 cm³/mol. The van der Waals surface area contributed by atoms with Crippen LogP contribution in [0.3, 0.4) is 0 Å². The number of hydrogen-bond donors (Lipinski definition) is 2. The molecule has 1 aromatic carbocycles. The van der Waals surface area contributed by atoms with Crippen LogP contribution < -0.4 is 5.32 Å². The van der Waals surface area contributed by atoms with Crippen molar-refractivity contribution < 1.29 is 19.4 Å². The molecule has 1 heterocycles. The number of fused-ring (bicyclic) bond motifs is 1. The van der Waals surface area contributed by atoms with Crippen molar-refractivity contribution in [3.8, 4) is 0 Å². The Bertz CT molecular complexity index is 621. The van der Waals surface area contributed by atoms with E-state index in [2.05, 4.69) is 28.1 Å². The number of para-hydroxylation sites is 1. The van der Waals surface area contributed by atoms with E-state index < -0.39 is 12.6 Å². The van der Waals surface area contributed by atoms with Crippen LogP contribution in [0, 0.1) is 0 Å². The highest BCUT2D eigenvalue weighted by molar-refractivity contribution is 5.80. The molecular formula is C15H18N2O4. The molecule has 112 valence electrons. The summed E-state index contributed by atoms with van der Waals surface area (Å²) in [5, 5.41) is 12.3.